The van der Waals surface area contributed by atoms with Gasteiger partial charge < -0.3 is 5.32 Å². The number of H-pyrrole nitrogens is 1. The number of carbonyl (C=O) groups excluding carboxylic acids is 1. The molecule has 0 spiro atoms. The molecule has 0 aliphatic heterocycles. The van der Waals surface area contributed by atoms with E-state index in [1.54, 1.807) is 16.9 Å². The molecule has 1 amide bonds. The molecular formula is C16H17N5O. The average molecular weight is 295 g/mol. The van der Waals surface area contributed by atoms with E-state index < -0.39 is 0 Å². The van der Waals surface area contributed by atoms with Crippen molar-refractivity contribution in [3.63, 3.8) is 0 Å². The Kier molecular flexibility index (Phi) is 3.74. The van der Waals surface area contributed by atoms with Gasteiger partial charge in [0.25, 0.3) is 5.91 Å². The molecule has 112 valence electrons. The molecule has 0 radical (unpaired) electrons. The number of benzene rings is 1. The fourth-order valence-electron chi connectivity index (χ4n) is 2.15. The Morgan fingerprint density at radius 2 is 2.05 bits per heavy atom. The van der Waals surface area contributed by atoms with E-state index in [1.165, 1.54) is 5.56 Å². The summed E-state index contributed by atoms with van der Waals surface area (Å²) in [6.07, 6.45) is 1.70. The van der Waals surface area contributed by atoms with E-state index in [0.29, 0.717) is 12.2 Å². The second-order valence-electron chi connectivity index (χ2n) is 5.16. The highest BCUT2D eigenvalue weighted by Gasteiger charge is 2.11. The number of aromatic nitrogens is 4. The van der Waals surface area contributed by atoms with Gasteiger partial charge in [-0.2, -0.15) is 10.2 Å². The number of carbonyl (C=O) groups is 1. The van der Waals surface area contributed by atoms with Gasteiger partial charge in [0.05, 0.1) is 17.9 Å². The third kappa shape index (κ3) is 2.90. The SMILES string of the molecule is Cc1ccc(-c2cc(C(=O)NCc3ccnn3C)[nH]n2)cc1. The minimum Gasteiger partial charge on any atom is -0.345 e. The summed E-state index contributed by atoms with van der Waals surface area (Å²) in [5.41, 5.74) is 4.30. The van der Waals surface area contributed by atoms with Crippen LogP contribution in [0.15, 0.2) is 42.6 Å². The first-order valence-electron chi connectivity index (χ1n) is 7.01. The zero-order chi connectivity index (χ0) is 15.5. The van der Waals surface area contributed by atoms with Crippen LogP contribution in [0.5, 0.6) is 0 Å². The van der Waals surface area contributed by atoms with Crippen LogP contribution in [0.2, 0.25) is 0 Å². The van der Waals surface area contributed by atoms with Crippen LogP contribution in [0.25, 0.3) is 11.3 Å². The second-order valence-corrected chi connectivity index (χ2v) is 5.16. The minimum absolute atomic E-state index is 0.188. The molecule has 0 aliphatic rings. The van der Waals surface area contributed by atoms with E-state index in [-0.39, 0.29) is 5.91 Å². The number of hydrogen-bond acceptors (Lipinski definition) is 3. The van der Waals surface area contributed by atoms with Gasteiger partial charge in [-0.15, -0.1) is 0 Å². The molecule has 2 N–H and O–H groups in total. The largest absolute Gasteiger partial charge is 0.345 e. The Labute approximate surface area is 128 Å². The van der Waals surface area contributed by atoms with Gasteiger partial charge in [0, 0.05) is 18.8 Å². The van der Waals surface area contributed by atoms with E-state index in [2.05, 4.69) is 20.6 Å². The zero-order valence-electron chi connectivity index (χ0n) is 12.5. The lowest BCUT2D eigenvalue weighted by Crippen LogP contribution is -2.24. The number of aryl methyl sites for hydroxylation is 2. The Morgan fingerprint density at radius 3 is 2.73 bits per heavy atom. The van der Waals surface area contributed by atoms with Crippen LogP contribution in [0.3, 0.4) is 0 Å². The lowest BCUT2D eigenvalue weighted by atomic mass is 10.1. The molecule has 0 fully saturated rings. The molecule has 3 rings (SSSR count). The van der Waals surface area contributed by atoms with Crippen LogP contribution in [0.4, 0.5) is 0 Å². The Hall–Kier alpha value is -2.89. The number of nitrogens with one attached hydrogen (secondary N) is 2. The first kappa shape index (κ1) is 14.1. The average Bonchev–Trinajstić information content (AvgIpc) is 3.15. The van der Waals surface area contributed by atoms with Crippen molar-refractivity contribution in [2.45, 2.75) is 13.5 Å². The van der Waals surface area contributed by atoms with E-state index in [0.717, 1.165) is 17.0 Å². The molecule has 22 heavy (non-hydrogen) atoms. The second kappa shape index (κ2) is 5.85. The molecule has 0 atom stereocenters. The molecule has 2 aromatic heterocycles. The highest BCUT2D eigenvalue weighted by Crippen LogP contribution is 2.18. The molecular weight excluding hydrogens is 278 g/mol. The van der Waals surface area contributed by atoms with Gasteiger partial charge in [-0.1, -0.05) is 29.8 Å². The molecule has 0 unspecified atom stereocenters. The fraction of sp³-hybridized carbons (Fsp3) is 0.188. The summed E-state index contributed by atoms with van der Waals surface area (Å²) in [6, 6.07) is 11.6. The van der Waals surface area contributed by atoms with Crippen molar-refractivity contribution in [2.24, 2.45) is 7.05 Å². The third-order valence-corrected chi connectivity index (χ3v) is 3.52. The van der Waals surface area contributed by atoms with Gasteiger partial charge in [-0.05, 0) is 19.1 Å². The third-order valence-electron chi connectivity index (χ3n) is 3.52. The van der Waals surface area contributed by atoms with Gasteiger partial charge in [-0.25, -0.2) is 0 Å². The van der Waals surface area contributed by atoms with Crippen molar-refractivity contribution in [3.05, 3.63) is 59.5 Å². The summed E-state index contributed by atoms with van der Waals surface area (Å²) in [5, 5.41) is 13.9. The quantitative estimate of drug-likeness (QED) is 0.773. The lowest BCUT2D eigenvalue weighted by molar-refractivity contribution is 0.0945. The van der Waals surface area contributed by atoms with Crippen LogP contribution in [0, 0.1) is 6.92 Å². The summed E-state index contributed by atoms with van der Waals surface area (Å²) >= 11 is 0. The standard InChI is InChI=1S/C16H17N5O/c1-11-3-5-12(6-4-11)14-9-15(20-19-14)16(22)17-10-13-7-8-18-21(13)2/h3-9H,10H2,1-2H3,(H,17,22)(H,19,20). The Bertz CT molecular complexity index is 785. The molecule has 0 saturated carbocycles. The number of nitrogens with zero attached hydrogens (tertiary/aromatic N) is 3. The van der Waals surface area contributed by atoms with Crippen molar-refractivity contribution in [3.8, 4) is 11.3 Å². The normalized spacial score (nSPS) is 10.6. The highest BCUT2D eigenvalue weighted by atomic mass is 16.1. The lowest BCUT2D eigenvalue weighted by Gasteiger charge is -2.03. The molecule has 2 heterocycles. The van der Waals surface area contributed by atoms with Crippen molar-refractivity contribution in [1.29, 1.82) is 0 Å². The minimum atomic E-state index is -0.188. The number of hydrogen-bond donors (Lipinski definition) is 2. The summed E-state index contributed by atoms with van der Waals surface area (Å²) in [5.74, 6) is -0.188. The maximum atomic E-state index is 12.1. The fourth-order valence-corrected chi connectivity index (χ4v) is 2.15. The Morgan fingerprint density at radius 1 is 1.27 bits per heavy atom. The first-order valence-corrected chi connectivity index (χ1v) is 7.01. The zero-order valence-corrected chi connectivity index (χ0v) is 12.5. The molecule has 0 bridgehead atoms. The van der Waals surface area contributed by atoms with E-state index in [9.17, 15) is 4.79 Å². The van der Waals surface area contributed by atoms with E-state index in [4.69, 9.17) is 0 Å². The van der Waals surface area contributed by atoms with Crippen LogP contribution < -0.4 is 5.32 Å². The smallest absolute Gasteiger partial charge is 0.269 e. The van der Waals surface area contributed by atoms with Gasteiger partial charge in [0.1, 0.15) is 5.69 Å². The van der Waals surface area contributed by atoms with Gasteiger partial charge >= 0.3 is 0 Å². The van der Waals surface area contributed by atoms with Crippen molar-refractivity contribution < 1.29 is 4.79 Å². The van der Waals surface area contributed by atoms with Gasteiger partial charge in [0.2, 0.25) is 0 Å². The van der Waals surface area contributed by atoms with Crippen LogP contribution in [-0.2, 0) is 13.6 Å². The number of amides is 1. The maximum Gasteiger partial charge on any atom is 0.269 e. The molecule has 1 aromatic carbocycles. The van der Waals surface area contributed by atoms with Crippen LogP contribution in [0.1, 0.15) is 21.7 Å². The topological polar surface area (TPSA) is 75.6 Å². The predicted octanol–water partition coefficient (Wildman–Crippen LogP) is 2.05. The van der Waals surface area contributed by atoms with Gasteiger partial charge in [-0.3, -0.25) is 14.6 Å². The predicted molar refractivity (Wildman–Crippen MR) is 83.1 cm³/mol. The first-order chi connectivity index (χ1) is 10.6. The summed E-state index contributed by atoms with van der Waals surface area (Å²) < 4.78 is 1.73. The van der Waals surface area contributed by atoms with Gasteiger partial charge in [0.15, 0.2) is 0 Å². The van der Waals surface area contributed by atoms with Crippen LogP contribution in [-0.4, -0.2) is 25.9 Å². The van der Waals surface area contributed by atoms with E-state index >= 15 is 0 Å². The maximum absolute atomic E-state index is 12.1. The van der Waals surface area contributed by atoms with Crippen molar-refractivity contribution >= 4 is 5.91 Å². The van der Waals surface area contributed by atoms with Crippen LogP contribution >= 0.6 is 0 Å². The number of rotatable bonds is 4. The number of aromatic amines is 1. The highest BCUT2D eigenvalue weighted by molar-refractivity contribution is 5.93. The monoisotopic (exact) mass is 295 g/mol. The van der Waals surface area contributed by atoms with E-state index in [1.807, 2.05) is 44.3 Å². The molecule has 0 saturated heterocycles. The van der Waals surface area contributed by atoms with Crippen molar-refractivity contribution in [1.82, 2.24) is 25.3 Å². The molecule has 0 aliphatic carbocycles. The summed E-state index contributed by atoms with van der Waals surface area (Å²) in [4.78, 5) is 12.1. The Balaban J connectivity index is 1.69. The molecule has 6 nitrogen and oxygen atoms in total. The van der Waals surface area contributed by atoms with Crippen molar-refractivity contribution in [2.75, 3.05) is 0 Å². The molecule has 6 heteroatoms. The summed E-state index contributed by atoms with van der Waals surface area (Å²) in [7, 11) is 1.84. The summed E-state index contributed by atoms with van der Waals surface area (Å²) in [6.45, 7) is 2.46. The molecule has 3 aromatic rings.